The Morgan fingerprint density at radius 1 is 1.15 bits per heavy atom. The number of benzene rings is 2. The van der Waals surface area contributed by atoms with Crippen LogP contribution in [0.4, 0.5) is 0 Å². The fourth-order valence-electron chi connectivity index (χ4n) is 1.85. The molecule has 0 saturated carbocycles. The van der Waals surface area contributed by atoms with E-state index in [2.05, 4.69) is 5.32 Å². The topological polar surface area (TPSA) is 69.6 Å². The molecule has 2 aromatic carbocycles. The fraction of sp³-hybridized carbons (Fsp3) is 0.133. The van der Waals surface area contributed by atoms with Crippen LogP contribution in [0.1, 0.15) is 21.5 Å². The van der Waals surface area contributed by atoms with Crippen LogP contribution in [0, 0.1) is 0 Å². The molecule has 0 aliphatic rings. The Morgan fingerprint density at radius 3 is 2.55 bits per heavy atom. The van der Waals surface area contributed by atoms with Crippen molar-refractivity contribution in [1.82, 2.24) is 5.32 Å². The molecule has 3 N–H and O–H groups in total. The van der Waals surface area contributed by atoms with E-state index in [9.17, 15) is 15.0 Å². The van der Waals surface area contributed by atoms with E-state index >= 15 is 0 Å². The molecule has 0 spiro atoms. The lowest BCUT2D eigenvalue weighted by atomic mass is 10.1. The van der Waals surface area contributed by atoms with Gasteiger partial charge in [-0.05, 0) is 29.3 Å². The number of aliphatic hydroxyl groups excluding tert-OH is 1. The van der Waals surface area contributed by atoms with Crippen molar-refractivity contribution in [3.05, 3.63) is 64.2 Å². The quantitative estimate of drug-likeness (QED) is 0.810. The zero-order valence-electron chi connectivity index (χ0n) is 10.6. The van der Waals surface area contributed by atoms with Crippen LogP contribution in [0.3, 0.4) is 0 Å². The number of rotatable bonds is 4. The van der Waals surface area contributed by atoms with Crippen LogP contribution in [0.15, 0.2) is 42.5 Å². The number of aromatic hydroxyl groups is 1. The summed E-state index contributed by atoms with van der Waals surface area (Å²) in [5, 5.41) is 21.9. The molecule has 0 saturated heterocycles. The van der Waals surface area contributed by atoms with E-state index in [0.29, 0.717) is 5.02 Å². The number of phenolic OH excluding ortho intramolecular Hbond substituents is 1. The number of phenols is 1. The number of amides is 1. The third kappa shape index (κ3) is 3.29. The normalized spacial score (nSPS) is 10.3. The summed E-state index contributed by atoms with van der Waals surface area (Å²) in [5.74, 6) is -0.542. The van der Waals surface area contributed by atoms with Gasteiger partial charge in [0.15, 0.2) is 0 Å². The standard InChI is InChI=1S/C15H14ClNO3/c16-12-5-6-14(19)13(7-12)15(20)17-8-10-3-1-2-4-11(10)9-18/h1-7,18-19H,8-9H2,(H,17,20). The maximum Gasteiger partial charge on any atom is 0.255 e. The molecule has 0 bridgehead atoms. The van der Waals surface area contributed by atoms with Crippen LogP contribution in [-0.2, 0) is 13.2 Å². The SMILES string of the molecule is O=C(NCc1ccccc1CO)c1cc(Cl)ccc1O. The predicted octanol–water partition coefficient (Wildman–Crippen LogP) is 2.47. The van der Waals surface area contributed by atoms with Crippen molar-refractivity contribution in [3.63, 3.8) is 0 Å². The smallest absolute Gasteiger partial charge is 0.255 e. The minimum Gasteiger partial charge on any atom is -0.507 e. The Balaban J connectivity index is 2.11. The van der Waals surface area contributed by atoms with Crippen LogP contribution in [0.2, 0.25) is 5.02 Å². The van der Waals surface area contributed by atoms with Gasteiger partial charge in [-0.3, -0.25) is 4.79 Å². The zero-order valence-corrected chi connectivity index (χ0v) is 11.4. The van der Waals surface area contributed by atoms with Gasteiger partial charge in [0.25, 0.3) is 5.91 Å². The van der Waals surface area contributed by atoms with Crippen molar-refractivity contribution < 1.29 is 15.0 Å². The zero-order chi connectivity index (χ0) is 14.5. The highest BCUT2D eigenvalue weighted by molar-refractivity contribution is 6.31. The van der Waals surface area contributed by atoms with Crippen LogP contribution in [-0.4, -0.2) is 16.1 Å². The van der Waals surface area contributed by atoms with Gasteiger partial charge in [0, 0.05) is 11.6 Å². The monoisotopic (exact) mass is 291 g/mol. The van der Waals surface area contributed by atoms with Gasteiger partial charge in [-0.1, -0.05) is 35.9 Å². The van der Waals surface area contributed by atoms with Crippen LogP contribution < -0.4 is 5.32 Å². The first-order valence-corrected chi connectivity index (χ1v) is 6.44. The van der Waals surface area contributed by atoms with Gasteiger partial charge in [-0.15, -0.1) is 0 Å². The maximum atomic E-state index is 12.0. The van der Waals surface area contributed by atoms with Gasteiger partial charge in [0.2, 0.25) is 0 Å². The second-order valence-corrected chi connectivity index (χ2v) is 4.71. The first-order chi connectivity index (χ1) is 9.61. The molecule has 0 heterocycles. The Bertz CT molecular complexity index is 628. The molecular formula is C15H14ClNO3. The molecule has 0 unspecified atom stereocenters. The van der Waals surface area contributed by atoms with Crippen molar-refractivity contribution in [3.8, 4) is 5.75 Å². The number of nitrogens with one attached hydrogen (secondary N) is 1. The fourth-order valence-corrected chi connectivity index (χ4v) is 2.02. The van der Waals surface area contributed by atoms with Crippen LogP contribution in [0.5, 0.6) is 5.75 Å². The highest BCUT2D eigenvalue weighted by atomic mass is 35.5. The van der Waals surface area contributed by atoms with E-state index in [4.69, 9.17) is 11.6 Å². The number of halogens is 1. The second kappa shape index (κ2) is 6.41. The summed E-state index contributed by atoms with van der Waals surface area (Å²) < 4.78 is 0. The molecule has 0 fully saturated rings. The molecule has 104 valence electrons. The van der Waals surface area contributed by atoms with Crippen LogP contribution in [0.25, 0.3) is 0 Å². The summed E-state index contributed by atoms with van der Waals surface area (Å²) in [6.07, 6.45) is 0. The number of hydrogen-bond acceptors (Lipinski definition) is 3. The Hall–Kier alpha value is -2.04. The lowest BCUT2D eigenvalue weighted by Crippen LogP contribution is -2.23. The predicted molar refractivity (Wildman–Crippen MR) is 76.7 cm³/mol. The molecule has 0 aliphatic heterocycles. The van der Waals surface area contributed by atoms with E-state index in [1.165, 1.54) is 18.2 Å². The van der Waals surface area contributed by atoms with Crippen molar-refractivity contribution in [2.24, 2.45) is 0 Å². The van der Waals surface area contributed by atoms with E-state index in [1.54, 1.807) is 6.07 Å². The molecule has 0 atom stereocenters. The summed E-state index contributed by atoms with van der Waals surface area (Å²) in [6.45, 7) is 0.177. The second-order valence-electron chi connectivity index (χ2n) is 4.27. The molecule has 0 radical (unpaired) electrons. The van der Waals surface area contributed by atoms with Crippen molar-refractivity contribution in [2.45, 2.75) is 13.2 Å². The van der Waals surface area contributed by atoms with E-state index < -0.39 is 5.91 Å². The van der Waals surface area contributed by atoms with E-state index in [0.717, 1.165) is 11.1 Å². The summed E-state index contributed by atoms with van der Waals surface area (Å²) >= 11 is 5.80. The Morgan fingerprint density at radius 2 is 1.85 bits per heavy atom. The molecule has 5 heteroatoms. The van der Waals surface area contributed by atoms with Gasteiger partial charge in [0.1, 0.15) is 5.75 Å². The summed E-state index contributed by atoms with van der Waals surface area (Å²) in [5.41, 5.74) is 1.70. The first-order valence-electron chi connectivity index (χ1n) is 6.06. The average molecular weight is 292 g/mol. The van der Waals surface area contributed by atoms with E-state index in [1.807, 2.05) is 18.2 Å². The minimum absolute atomic E-state index is 0.0888. The first kappa shape index (κ1) is 14.4. The molecule has 1 amide bonds. The third-order valence-corrected chi connectivity index (χ3v) is 3.17. The Kier molecular flexibility index (Phi) is 4.61. The molecule has 2 aromatic rings. The lowest BCUT2D eigenvalue weighted by molar-refractivity contribution is 0.0948. The van der Waals surface area contributed by atoms with Crippen LogP contribution >= 0.6 is 11.6 Å². The van der Waals surface area contributed by atoms with E-state index in [-0.39, 0.29) is 24.5 Å². The molecular weight excluding hydrogens is 278 g/mol. The summed E-state index contributed by atoms with van der Waals surface area (Å²) in [4.78, 5) is 12.0. The lowest BCUT2D eigenvalue weighted by Gasteiger charge is -2.10. The van der Waals surface area contributed by atoms with Gasteiger partial charge < -0.3 is 15.5 Å². The van der Waals surface area contributed by atoms with Gasteiger partial charge in [0.05, 0.1) is 12.2 Å². The summed E-state index contributed by atoms with van der Waals surface area (Å²) in [7, 11) is 0. The summed E-state index contributed by atoms with van der Waals surface area (Å²) in [6, 6.07) is 11.6. The highest BCUT2D eigenvalue weighted by Crippen LogP contribution is 2.21. The number of hydrogen-bond donors (Lipinski definition) is 3. The number of aliphatic hydroxyl groups is 1. The molecule has 0 aliphatic carbocycles. The number of carbonyl (C=O) groups is 1. The third-order valence-electron chi connectivity index (χ3n) is 2.93. The minimum atomic E-state index is -0.419. The Labute approximate surface area is 121 Å². The van der Waals surface area contributed by atoms with Gasteiger partial charge in [-0.2, -0.15) is 0 Å². The van der Waals surface area contributed by atoms with Crippen molar-refractivity contribution in [1.29, 1.82) is 0 Å². The molecule has 20 heavy (non-hydrogen) atoms. The van der Waals surface area contributed by atoms with Gasteiger partial charge >= 0.3 is 0 Å². The molecule has 4 nitrogen and oxygen atoms in total. The van der Waals surface area contributed by atoms with Gasteiger partial charge in [-0.25, -0.2) is 0 Å². The van der Waals surface area contributed by atoms with Crippen molar-refractivity contribution in [2.75, 3.05) is 0 Å². The van der Waals surface area contributed by atoms with Crippen molar-refractivity contribution >= 4 is 17.5 Å². The largest absolute Gasteiger partial charge is 0.507 e. The highest BCUT2D eigenvalue weighted by Gasteiger charge is 2.12. The average Bonchev–Trinajstić information content (AvgIpc) is 2.47. The molecule has 2 rings (SSSR count). The molecule has 0 aromatic heterocycles. The number of carbonyl (C=O) groups excluding carboxylic acids is 1. The maximum absolute atomic E-state index is 12.0.